The lowest BCUT2D eigenvalue weighted by Gasteiger charge is -2.16. The number of urea groups is 1. The van der Waals surface area contributed by atoms with Crippen molar-refractivity contribution in [3.63, 3.8) is 0 Å². The fourth-order valence-electron chi connectivity index (χ4n) is 2.32. The molecule has 0 aromatic heterocycles. The lowest BCUT2D eigenvalue weighted by Crippen LogP contribution is -2.40. The van der Waals surface area contributed by atoms with Crippen molar-refractivity contribution in [1.29, 1.82) is 0 Å². The molecular formula is C15H20ClN3O3. The normalized spacial score (nSPS) is 17.5. The maximum absolute atomic E-state index is 11.9. The third-order valence-electron chi connectivity index (χ3n) is 3.62. The predicted octanol–water partition coefficient (Wildman–Crippen LogP) is 1.37. The molecule has 3 N–H and O–H groups in total. The van der Waals surface area contributed by atoms with Crippen molar-refractivity contribution in [2.45, 2.75) is 13.0 Å². The van der Waals surface area contributed by atoms with Crippen LogP contribution in [0.2, 0.25) is 5.02 Å². The molecule has 0 aliphatic carbocycles. The molecule has 0 saturated carbocycles. The molecule has 1 aromatic carbocycles. The molecule has 6 nitrogen and oxygen atoms in total. The number of ether oxygens (including phenoxy) is 1. The highest BCUT2D eigenvalue weighted by atomic mass is 35.5. The number of likely N-dealkylation sites (tertiary alicyclic amines) is 1. The summed E-state index contributed by atoms with van der Waals surface area (Å²) >= 11 is 6.02. The quantitative estimate of drug-likeness (QED) is 0.775. The number of hydrogen-bond acceptors (Lipinski definition) is 3. The van der Waals surface area contributed by atoms with E-state index < -0.39 is 0 Å². The smallest absolute Gasteiger partial charge is 0.317 e. The Kier molecular flexibility index (Phi) is 6.03. The molecule has 1 aliphatic heterocycles. The van der Waals surface area contributed by atoms with Gasteiger partial charge in [-0.3, -0.25) is 4.79 Å². The first-order valence-corrected chi connectivity index (χ1v) is 7.59. The first-order valence-electron chi connectivity index (χ1n) is 7.21. The summed E-state index contributed by atoms with van der Waals surface area (Å²) in [6.45, 7) is 2.15. The number of halogens is 1. The SMILES string of the molecule is NC(=O)[C@H]1CCN(C(=O)NCCOCc2ccccc2Cl)C1. The highest BCUT2D eigenvalue weighted by molar-refractivity contribution is 6.31. The molecule has 1 saturated heterocycles. The van der Waals surface area contributed by atoms with E-state index in [4.69, 9.17) is 22.1 Å². The summed E-state index contributed by atoms with van der Waals surface area (Å²) in [5.74, 6) is -0.583. The van der Waals surface area contributed by atoms with E-state index in [1.54, 1.807) is 4.90 Å². The summed E-state index contributed by atoms with van der Waals surface area (Å²) in [6, 6.07) is 7.28. The van der Waals surface area contributed by atoms with Gasteiger partial charge in [0.05, 0.1) is 19.1 Å². The van der Waals surface area contributed by atoms with Crippen molar-refractivity contribution >= 4 is 23.5 Å². The van der Waals surface area contributed by atoms with Crippen LogP contribution in [0.5, 0.6) is 0 Å². The van der Waals surface area contributed by atoms with E-state index in [1.807, 2.05) is 24.3 Å². The number of carbonyl (C=O) groups is 2. The highest BCUT2D eigenvalue weighted by Gasteiger charge is 2.29. The molecule has 1 heterocycles. The van der Waals surface area contributed by atoms with Crippen LogP contribution < -0.4 is 11.1 Å². The first-order chi connectivity index (χ1) is 10.6. The Morgan fingerprint density at radius 2 is 2.18 bits per heavy atom. The van der Waals surface area contributed by atoms with Gasteiger partial charge in [0.15, 0.2) is 0 Å². The number of primary amides is 1. The third kappa shape index (κ3) is 4.61. The van der Waals surface area contributed by atoms with Gasteiger partial charge in [0.1, 0.15) is 0 Å². The number of nitrogens with zero attached hydrogens (tertiary/aromatic N) is 1. The minimum Gasteiger partial charge on any atom is -0.375 e. The first kappa shape index (κ1) is 16.6. The van der Waals surface area contributed by atoms with E-state index in [0.717, 1.165) is 5.56 Å². The van der Waals surface area contributed by atoms with E-state index >= 15 is 0 Å². The molecule has 7 heteroatoms. The Balaban J connectivity index is 1.62. The van der Waals surface area contributed by atoms with Crippen molar-refractivity contribution in [1.82, 2.24) is 10.2 Å². The highest BCUT2D eigenvalue weighted by Crippen LogP contribution is 2.16. The fourth-order valence-corrected chi connectivity index (χ4v) is 2.51. The monoisotopic (exact) mass is 325 g/mol. The molecule has 3 amide bonds. The molecule has 0 unspecified atom stereocenters. The molecule has 0 spiro atoms. The number of hydrogen-bond donors (Lipinski definition) is 2. The van der Waals surface area contributed by atoms with Gasteiger partial charge >= 0.3 is 6.03 Å². The number of nitrogens with one attached hydrogen (secondary N) is 1. The standard InChI is InChI=1S/C15H20ClN3O3/c16-13-4-2-1-3-12(13)10-22-8-6-18-15(21)19-7-5-11(9-19)14(17)20/h1-4,11H,5-10H2,(H2,17,20)(H,18,21)/t11-/m0/s1. The minimum absolute atomic E-state index is 0.190. The van der Waals surface area contributed by atoms with Crippen LogP contribution in [-0.2, 0) is 16.1 Å². The summed E-state index contributed by atoms with van der Waals surface area (Å²) in [5.41, 5.74) is 6.16. The maximum Gasteiger partial charge on any atom is 0.317 e. The molecule has 0 radical (unpaired) electrons. The summed E-state index contributed by atoms with van der Waals surface area (Å²) < 4.78 is 5.48. The van der Waals surface area contributed by atoms with Gasteiger partial charge in [0.2, 0.25) is 5.91 Å². The molecule has 1 aromatic rings. The van der Waals surface area contributed by atoms with Gasteiger partial charge in [0, 0.05) is 24.7 Å². The topological polar surface area (TPSA) is 84.7 Å². The van der Waals surface area contributed by atoms with E-state index in [-0.39, 0.29) is 17.9 Å². The Hall–Kier alpha value is -1.79. The van der Waals surface area contributed by atoms with Crippen LogP contribution in [0, 0.1) is 5.92 Å². The lowest BCUT2D eigenvalue weighted by atomic mass is 10.1. The van der Waals surface area contributed by atoms with Gasteiger partial charge in [-0.1, -0.05) is 29.8 Å². The van der Waals surface area contributed by atoms with Gasteiger partial charge in [-0.25, -0.2) is 4.79 Å². The van der Waals surface area contributed by atoms with Gasteiger partial charge in [-0.05, 0) is 18.1 Å². The fraction of sp³-hybridized carbons (Fsp3) is 0.467. The summed E-state index contributed by atoms with van der Waals surface area (Å²) in [6.07, 6.45) is 0.631. The van der Waals surface area contributed by atoms with Crippen molar-refractivity contribution in [2.75, 3.05) is 26.2 Å². The third-order valence-corrected chi connectivity index (χ3v) is 3.98. The van der Waals surface area contributed by atoms with Crippen LogP contribution in [0.1, 0.15) is 12.0 Å². The summed E-state index contributed by atoms with van der Waals surface area (Å²) in [5, 5.41) is 3.43. The molecule has 1 aliphatic rings. The Bertz CT molecular complexity index is 539. The second-order valence-corrected chi connectivity index (χ2v) is 5.62. The van der Waals surface area contributed by atoms with Crippen LogP contribution in [0.15, 0.2) is 24.3 Å². The van der Waals surface area contributed by atoms with Crippen LogP contribution in [0.4, 0.5) is 4.79 Å². The summed E-state index contributed by atoms with van der Waals surface area (Å²) in [7, 11) is 0. The van der Waals surface area contributed by atoms with Gasteiger partial charge in [-0.2, -0.15) is 0 Å². The zero-order valence-electron chi connectivity index (χ0n) is 12.3. The Morgan fingerprint density at radius 1 is 1.41 bits per heavy atom. The number of rotatable bonds is 6. The van der Waals surface area contributed by atoms with E-state index in [1.165, 1.54) is 0 Å². The zero-order valence-corrected chi connectivity index (χ0v) is 13.0. The number of benzene rings is 1. The van der Waals surface area contributed by atoms with Crippen molar-refractivity contribution in [3.8, 4) is 0 Å². The molecule has 0 bridgehead atoms. The molecule has 22 heavy (non-hydrogen) atoms. The van der Waals surface area contributed by atoms with Crippen molar-refractivity contribution in [2.24, 2.45) is 11.7 Å². The van der Waals surface area contributed by atoms with Crippen molar-refractivity contribution < 1.29 is 14.3 Å². The molecule has 120 valence electrons. The number of carbonyl (C=O) groups excluding carboxylic acids is 2. The number of nitrogens with two attached hydrogens (primary N) is 1. The van der Waals surface area contributed by atoms with Crippen LogP contribution in [0.25, 0.3) is 0 Å². The molecular weight excluding hydrogens is 306 g/mol. The van der Waals surface area contributed by atoms with Crippen LogP contribution in [-0.4, -0.2) is 43.1 Å². The average molecular weight is 326 g/mol. The van der Waals surface area contributed by atoms with Gasteiger partial charge < -0.3 is 20.7 Å². The second-order valence-electron chi connectivity index (χ2n) is 5.21. The zero-order chi connectivity index (χ0) is 15.9. The average Bonchev–Trinajstić information content (AvgIpc) is 2.98. The maximum atomic E-state index is 11.9. The van der Waals surface area contributed by atoms with E-state index in [0.29, 0.717) is 44.3 Å². The van der Waals surface area contributed by atoms with Gasteiger partial charge in [0.25, 0.3) is 0 Å². The van der Waals surface area contributed by atoms with Crippen LogP contribution >= 0.6 is 11.6 Å². The predicted molar refractivity (Wildman–Crippen MR) is 83.4 cm³/mol. The largest absolute Gasteiger partial charge is 0.375 e. The second kappa shape index (κ2) is 8.00. The Labute approximate surface area is 134 Å². The minimum atomic E-state index is -0.349. The number of amides is 3. The molecule has 2 rings (SSSR count). The van der Waals surface area contributed by atoms with Gasteiger partial charge in [-0.15, -0.1) is 0 Å². The lowest BCUT2D eigenvalue weighted by molar-refractivity contribution is -0.121. The molecule has 1 atom stereocenters. The van der Waals surface area contributed by atoms with Crippen LogP contribution in [0.3, 0.4) is 0 Å². The van der Waals surface area contributed by atoms with E-state index in [9.17, 15) is 9.59 Å². The van der Waals surface area contributed by atoms with E-state index in [2.05, 4.69) is 5.32 Å². The van der Waals surface area contributed by atoms with Crippen molar-refractivity contribution in [3.05, 3.63) is 34.9 Å². The Morgan fingerprint density at radius 3 is 2.86 bits per heavy atom. The summed E-state index contributed by atoms with van der Waals surface area (Å²) in [4.78, 5) is 24.6. The molecule has 1 fully saturated rings.